The zero-order valence-corrected chi connectivity index (χ0v) is 15.5. The molecule has 2 aromatic rings. The smallest absolute Gasteiger partial charge is 0.222 e. The summed E-state index contributed by atoms with van der Waals surface area (Å²) in [6.45, 7) is 3.71. The second-order valence-corrected chi connectivity index (χ2v) is 6.73. The molecule has 1 amide bonds. The number of halogens is 1. The molecule has 3 rings (SSSR count). The second kappa shape index (κ2) is 9.02. The molecule has 1 saturated heterocycles. The molecule has 1 aromatic heterocycles. The number of nitrogens with zero attached hydrogens (tertiary/aromatic N) is 3. The summed E-state index contributed by atoms with van der Waals surface area (Å²) in [5.41, 5.74) is 8.13. The van der Waals surface area contributed by atoms with E-state index in [9.17, 15) is 4.79 Å². The van der Waals surface area contributed by atoms with Crippen LogP contribution in [0.5, 0.6) is 0 Å². The Labute approximate surface area is 155 Å². The van der Waals surface area contributed by atoms with Crippen LogP contribution in [-0.2, 0) is 11.2 Å². The first-order chi connectivity index (χ1) is 11.6. The van der Waals surface area contributed by atoms with Gasteiger partial charge in [-0.15, -0.1) is 12.4 Å². The van der Waals surface area contributed by atoms with E-state index >= 15 is 0 Å². The van der Waals surface area contributed by atoms with Gasteiger partial charge in [-0.25, -0.2) is 4.68 Å². The van der Waals surface area contributed by atoms with Crippen LogP contribution in [0.3, 0.4) is 0 Å². The highest BCUT2D eigenvalue weighted by molar-refractivity contribution is 5.85. The molecule has 2 unspecified atom stereocenters. The zero-order chi connectivity index (χ0) is 16.9. The molecule has 2 N–H and O–H groups in total. The van der Waals surface area contributed by atoms with E-state index in [0.29, 0.717) is 12.3 Å². The van der Waals surface area contributed by atoms with Gasteiger partial charge in [-0.1, -0.05) is 18.2 Å². The topological polar surface area (TPSA) is 64.2 Å². The Hall–Kier alpha value is -1.85. The van der Waals surface area contributed by atoms with Crippen LogP contribution in [-0.4, -0.2) is 39.7 Å². The molecule has 0 saturated carbocycles. The number of aryl methyl sites for hydroxylation is 1. The van der Waals surface area contributed by atoms with E-state index in [2.05, 4.69) is 5.10 Å². The molecule has 1 aliphatic rings. The van der Waals surface area contributed by atoms with Gasteiger partial charge in [-0.3, -0.25) is 4.79 Å². The third-order valence-corrected chi connectivity index (χ3v) is 4.84. The van der Waals surface area contributed by atoms with Crippen LogP contribution in [0.15, 0.2) is 42.7 Å². The molecule has 2 heterocycles. The van der Waals surface area contributed by atoms with Crippen LogP contribution in [0.2, 0.25) is 0 Å². The van der Waals surface area contributed by atoms with Crippen molar-refractivity contribution in [2.75, 3.05) is 13.1 Å². The van der Waals surface area contributed by atoms with E-state index < -0.39 is 0 Å². The third-order valence-electron chi connectivity index (χ3n) is 4.84. The summed E-state index contributed by atoms with van der Waals surface area (Å²) in [5, 5.41) is 4.39. The van der Waals surface area contributed by atoms with Gasteiger partial charge in [0.1, 0.15) is 0 Å². The van der Waals surface area contributed by atoms with Crippen molar-refractivity contribution < 1.29 is 4.79 Å². The summed E-state index contributed by atoms with van der Waals surface area (Å²) in [6, 6.07) is 10.2. The SMILES string of the molecule is CC(N)C1CCCN(C(=O)CCc2cnn(-c3ccccc3)c2)C1.Cl. The molecule has 25 heavy (non-hydrogen) atoms. The lowest BCUT2D eigenvalue weighted by atomic mass is 9.92. The summed E-state index contributed by atoms with van der Waals surface area (Å²) in [7, 11) is 0. The molecule has 0 spiro atoms. The van der Waals surface area contributed by atoms with Crippen molar-refractivity contribution in [1.29, 1.82) is 0 Å². The predicted octanol–water partition coefficient (Wildman–Crippen LogP) is 2.81. The number of likely N-dealkylation sites (tertiary alicyclic amines) is 1. The number of rotatable bonds is 5. The van der Waals surface area contributed by atoms with E-state index in [1.807, 2.05) is 59.2 Å². The molecular formula is C19H27ClN4O. The number of para-hydroxylation sites is 1. The van der Waals surface area contributed by atoms with Gasteiger partial charge in [-0.2, -0.15) is 5.10 Å². The Bertz CT molecular complexity index is 671. The second-order valence-electron chi connectivity index (χ2n) is 6.73. The van der Waals surface area contributed by atoms with Gasteiger partial charge < -0.3 is 10.6 Å². The van der Waals surface area contributed by atoms with Crippen molar-refractivity contribution in [1.82, 2.24) is 14.7 Å². The lowest BCUT2D eigenvalue weighted by Gasteiger charge is -2.34. The van der Waals surface area contributed by atoms with Crippen molar-refractivity contribution in [3.63, 3.8) is 0 Å². The maximum absolute atomic E-state index is 12.5. The van der Waals surface area contributed by atoms with Gasteiger partial charge in [0.25, 0.3) is 0 Å². The average molecular weight is 363 g/mol. The van der Waals surface area contributed by atoms with Gasteiger partial charge in [-0.05, 0) is 49.8 Å². The Morgan fingerprint density at radius 2 is 2.12 bits per heavy atom. The molecule has 0 bridgehead atoms. The maximum atomic E-state index is 12.5. The van der Waals surface area contributed by atoms with Crippen molar-refractivity contribution in [3.05, 3.63) is 48.3 Å². The Morgan fingerprint density at radius 3 is 2.84 bits per heavy atom. The number of nitrogens with two attached hydrogens (primary N) is 1. The van der Waals surface area contributed by atoms with Gasteiger partial charge in [0, 0.05) is 31.7 Å². The van der Waals surface area contributed by atoms with Gasteiger partial charge in [0.2, 0.25) is 5.91 Å². The number of carbonyl (C=O) groups is 1. The number of carbonyl (C=O) groups excluding carboxylic acids is 1. The van der Waals surface area contributed by atoms with Crippen molar-refractivity contribution in [3.8, 4) is 5.69 Å². The normalized spacial score (nSPS) is 18.5. The van der Waals surface area contributed by atoms with Crippen molar-refractivity contribution in [2.45, 2.75) is 38.6 Å². The lowest BCUT2D eigenvalue weighted by Crippen LogP contribution is -2.45. The standard InChI is InChI=1S/C19H26N4O.ClH/c1-15(20)17-6-5-11-22(14-17)19(24)10-9-16-12-21-23(13-16)18-7-3-2-4-8-18;/h2-4,7-8,12-13,15,17H,5-6,9-11,14,20H2,1H3;1H. The number of amides is 1. The van der Waals surface area contributed by atoms with Gasteiger partial charge in [0.05, 0.1) is 11.9 Å². The van der Waals surface area contributed by atoms with Crippen LogP contribution in [0, 0.1) is 5.92 Å². The van der Waals surface area contributed by atoms with E-state index in [-0.39, 0.29) is 24.4 Å². The molecule has 1 fully saturated rings. The highest BCUT2D eigenvalue weighted by Crippen LogP contribution is 2.20. The summed E-state index contributed by atoms with van der Waals surface area (Å²) >= 11 is 0. The van der Waals surface area contributed by atoms with Crippen LogP contribution in [0.25, 0.3) is 5.69 Å². The molecule has 0 aliphatic carbocycles. The van der Waals surface area contributed by atoms with Gasteiger partial charge >= 0.3 is 0 Å². The quantitative estimate of drug-likeness (QED) is 0.889. The lowest BCUT2D eigenvalue weighted by molar-refractivity contribution is -0.133. The van der Waals surface area contributed by atoms with Crippen LogP contribution in [0.4, 0.5) is 0 Å². The Morgan fingerprint density at radius 1 is 1.36 bits per heavy atom. The minimum atomic E-state index is 0. The molecular weight excluding hydrogens is 336 g/mol. The number of hydrogen-bond acceptors (Lipinski definition) is 3. The maximum Gasteiger partial charge on any atom is 0.222 e. The minimum Gasteiger partial charge on any atom is -0.342 e. The molecule has 1 aliphatic heterocycles. The highest BCUT2D eigenvalue weighted by atomic mass is 35.5. The molecule has 5 nitrogen and oxygen atoms in total. The van der Waals surface area contributed by atoms with Crippen LogP contribution < -0.4 is 5.73 Å². The Balaban J connectivity index is 0.00000225. The fourth-order valence-corrected chi connectivity index (χ4v) is 3.29. The van der Waals surface area contributed by atoms with Crippen LogP contribution in [0.1, 0.15) is 31.7 Å². The molecule has 0 radical (unpaired) electrons. The van der Waals surface area contributed by atoms with E-state index in [4.69, 9.17) is 5.73 Å². The summed E-state index contributed by atoms with van der Waals surface area (Å²) < 4.78 is 1.85. The first-order valence-corrected chi connectivity index (χ1v) is 8.76. The van der Waals surface area contributed by atoms with Gasteiger partial charge in [0.15, 0.2) is 0 Å². The molecule has 136 valence electrons. The minimum absolute atomic E-state index is 0. The molecule has 2 atom stereocenters. The fraction of sp³-hybridized carbons (Fsp3) is 0.474. The summed E-state index contributed by atoms with van der Waals surface area (Å²) in [5.74, 6) is 0.663. The number of benzene rings is 1. The average Bonchev–Trinajstić information content (AvgIpc) is 3.09. The predicted molar refractivity (Wildman–Crippen MR) is 102 cm³/mol. The first-order valence-electron chi connectivity index (χ1n) is 8.76. The number of aromatic nitrogens is 2. The number of hydrogen-bond donors (Lipinski definition) is 1. The largest absolute Gasteiger partial charge is 0.342 e. The highest BCUT2D eigenvalue weighted by Gasteiger charge is 2.25. The molecule has 6 heteroatoms. The van der Waals surface area contributed by atoms with E-state index in [0.717, 1.165) is 43.6 Å². The third kappa shape index (κ3) is 5.06. The monoisotopic (exact) mass is 362 g/mol. The summed E-state index contributed by atoms with van der Waals surface area (Å²) in [6.07, 6.45) is 7.30. The first kappa shape index (κ1) is 19.5. The summed E-state index contributed by atoms with van der Waals surface area (Å²) in [4.78, 5) is 14.5. The Kier molecular flexibility index (Phi) is 7.02. The number of piperidine rings is 1. The fourth-order valence-electron chi connectivity index (χ4n) is 3.29. The van der Waals surface area contributed by atoms with Crippen LogP contribution >= 0.6 is 12.4 Å². The van der Waals surface area contributed by atoms with Crippen molar-refractivity contribution in [2.24, 2.45) is 11.7 Å². The zero-order valence-electron chi connectivity index (χ0n) is 14.7. The van der Waals surface area contributed by atoms with Crippen molar-refractivity contribution >= 4 is 18.3 Å². The van der Waals surface area contributed by atoms with E-state index in [1.54, 1.807) is 0 Å². The van der Waals surface area contributed by atoms with E-state index in [1.165, 1.54) is 0 Å². The molecule has 1 aromatic carbocycles.